The van der Waals surface area contributed by atoms with Crippen LogP contribution >= 0.6 is 15.9 Å². The third kappa shape index (κ3) is 4.81. The van der Waals surface area contributed by atoms with Gasteiger partial charge in [0.2, 0.25) is 11.4 Å². The molecule has 0 aliphatic carbocycles. The Balaban J connectivity index is 1.71. The van der Waals surface area contributed by atoms with Crippen LogP contribution in [0.25, 0.3) is 33.6 Å². The number of aromatic nitrogens is 1. The Labute approximate surface area is 204 Å². The van der Waals surface area contributed by atoms with Gasteiger partial charge < -0.3 is 0 Å². The molecule has 0 radical (unpaired) electrons. The van der Waals surface area contributed by atoms with Gasteiger partial charge in [0.1, 0.15) is 0 Å². The molecule has 0 fully saturated rings. The Bertz CT molecular complexity index is 1290. The van der Waals surface area contributed by atoms with E-state index >= 15 is 0 Å². The fraction of sp³-hybridized carbons (Fsp3) is 0.0645. The van der Waals surface area contributed by atoms with Gasteiger partial charge in [-0.1, -0.05) is 101 Å². The number of pyridine rings is 1. The van der Waals surface area contributed by atoms with Crippen molar-refractivity contribution in [3.63, 3.8) is 0 Å². The molecular weight excluding hydrogens is 466 g/mol. The normalized spacial score (nSPS) is 10.8. The number of rotatable bonds is 6. The van der Waals surface area contributed by atoms with Crippen LogP contribution in [0.4, 0.5) is 0 Å². The molecule has 0 unspecified atom stereocenters. The maximum atomic E-state index is 3.73. The molecule has 0 N–H and O–H groups in total. The fourth-order valence-electron chi connectivity index (χ4n) is 4.29. The summed E-state index contributed by atoms with van der Waals surface area (Å²) < 4.78 is 3.63. The number of hydrogen-bond donors (Lipinski definition) is 0. The first kappa shape index (κ1) is 21.4. The molecule has 5 rings (SSSR count). The molecule has 2 heteroatoms. The molecular formula is C31H25BrN+. The highest BCUT2D eigenvalue weighted by atomic mass is 79.9. The van der Waals surface area contributed by atoms with E-state index in [9.17, 15) is 0 Å². The molecule has 1 nitrogen and oxygen atoms in total. The first-order valence-electron chi connectivity index (χ1n) is 11.3. The molecule has 0 saturated heterocycles. The van der Waals surface area contributed by atoms with Crippen molar-refractivity contribution in [3.8, 4) is 33.6 Å². The second-order valence-corrected chi connectivity index (χ2v) is 8.96. The standard InChI is InChI=1S/C31H25BrN/c32-29-19-11-10-14-25(29)20-21-33-30(26-15-6-2-7-16-26)22-28(24-12-4-1-5-13-24)23-31(33)27-17-8-3-9-18-27/h1-19,22-23H,20-21H2/q+1. The second-order valence-electron chi connectivity index (χ2n) is 8.11. The monoisotopic (exact) mass is 490 g/mol. The Hall–Kier alpha value is -3.49. The number of benzene rings is 4. The quantitative estimate of drug-likeness (QED) is 0.212. The molecule has 0 atom stereocenters. The molecule has 33 heavy (non-hydrogen) atoms. The molecule has 4 aromatic carbocycles. The van der Waals surface area contributed by atoms with Crippen LogP contribution in [0.15, 0.2) is 132 Å². The minimum atomic E-state index is 0.881. The Morgan fingerprint density at radius 3 is 1.45 bits per heavy atom. The minimum absolute atomic E-state index is 0.881. The zero-order chi connectivity index (χ0) is 22.5. The number of halogens is 1. The van der Waals surface area contributed by atoms with Crippen molar-refractivity contribution in [2.24, 2.45) is 0 Å². The Morgan fingerprint density at radius 2 is 0.939 bits per heavy atom. The van der Waals surface area contributed by atoms with Crippen LogP contribution in [-0.2, 0) is 13.0 Å². The maximum Gasteiger partial charge on any atom is 0.213 e. The van der Waals surface area contributed by atoms with E-state index in [4.69, 9.17) is 0 Å². The lowest BCUT2D eigenvalue weighted by atomic mass is 9.98. The molecule has 1 aromatic heterocycles. The summed E-state index contributed by atoms with van der Waals surface area (Å²) in [5, 5.41) is 0. The number of hydrogen-bond acceptors (Lipinski definition) is 0. The summed E-state index contributed by atoms with van der Waals surface area (Å²) in [5.41, 5.74) is 8.66. The van der Waals surface area contributed by atoms with Gasteiger partial charge in [-0.15, -0.1) is 0 Å². The molecule has 5 aromatic rings. The average Bonchev–Trinajstić information content (AvgIpc) is 2.89. The summed E-state index contributed by atoms with van der Waals surface area (Å²) in [6, 6.07) is 45.2. The van der Waals surface area contributed by atoms with E-state index in [0.717, 1.165) is 17.4 Å². The predicted octanol–water partition coefficient (Wildman–Crippen LogP) is 7.98. The molecule has 0 amide bonds. The largest absolute Gasteiger partial charge is 0.213 e. The highest BCUT2D eigenvalue weighted by molar-refractivity contribution is 9.10. The van der Waals surface area contributed by atoms with Crippen molar-refractivity contribution in [3.05, 3.63) is 137 Å². The highest BCUT2D eigenvalue weighted by Gasteiger charge is 2.22. The van der Waals surface area contributed by atoms with Crippen LogP contribution in [0.5, 0.6) is 0 Å². The van der Waals surface area contributed by atoms with Crippen molar-refractivity contribution < 1.29 is 4.57 Å². The van der Waals surface area contributed by atoms with Crippen molar-refractivity contribution >= 4 is 15.9 Å². The molecule has 0 aliphatic heterocycles. The Kier molecular flexibility index (Phi) is 6.46. The minimum Gasteiger partial charge on any atom is -0.191 e. The average molecular weight is 491 g/mol. The van der Waals surface area contributed by atoms with Gasteiger partial charge in [-0.2, -0.15) is 4.57 Å². The van der Waals surface area contributed by atoms with Gasteiger partial charge in [-0.25, -0.2) is 0 Å². The lowest BCUT2D eigenvalue weighted by molar-refractivity contribution is -0.675. The van der Waals surface area contributed by atoms with E-state index in [0.29, 0.717) is 0 Å². The highest BCUT2D eigenvalue weighted by Crippen LogP contribution is 2.29. The molecule has 1 heterocycles. The van der Waals surface area contributed by atoms with Crippen molar-refractivity contribution in [1.29, 1.82) is 0 Å². The van der Waals surface area contributed by atoms with Gasteiger partial charge in [0, 0.05) is 34.2 Å². The van der Waals surface area contributed by atoms with Crippen molar-refractivity contribution in [2.75, 3.05) is 0 Å². The maximum absolute atomic E-state index is 3.73. The fourth-order valence-corrected chi connectivity index (χ4v) is 4.77. The van der Waals surface area contributed by atoms with Gasteiger partial charge in [0.15, 0.2) is 6.54 Å². The van der Waals surface area contributed by atoms with Gasteiger partial charge in [0.25, 0.3) is 0 Å². The molecule has 0 aliphatic rings. The summed E-state index contributed by atoms with van der Waals surface area (Å²) in [6.45, 7) is 0.881. The zero-order valence-corrected chi connectivity index (χ0v) is 19.9. The van der Waals surface area contributed by atoms with Crippen LogP contribution in [0, 0.1) is 0 Å². The van der Waals surface area contributed by atoms with Crippen LogP contribution in [0.3, 0.4) is 0 Å². The van der Waals surface area contributed by atoms with E-state index < -0.39 is 0 Å². The van der Waals surface area contributed by atoms with Crippen LogP contribution in [0.1, 0.15) is 5.56 Å². The van der Waals surface area contributed by atoms with Crippen molar-refractivity contribution in [2.45, 2.75) is 13.0 Å². The topological polar surface area (TPSA) is 3.88 Å². The summed E-state index contributed by atoms with van der Waals surface area (Å²) in [7, 11) is 0. The van der Waals surface area contributed by atoms with Gasteiger partial charge in [-0.3, -0.25) is 0 Å². The molecule has 0 saturated carbocycles. The third-order valence-electron chi connectivity index (χ3n) is 5.97. The lowest BCUT2D eigenvalue weighted by Gasteiger charge is -2.13. The van der Waals surface area contributed by atoms with Crippen LogP contribution < -0.4 is 4.57 Å². The predicted molar refractivity (Wildman–Crippen MR) is 141 cm³/mol. The summed E-state index contributed by atoms with van der Waals surface area (Å²) >= 11 is 3.73. The second kappa shape index (κ2) is 9.97. The zero-order valence-electron chi connectivity index (χ0n) is 18.4. The van der Waals surface area contributed by atoms with E-state index in [2.05, 4.69) is 148 Å². The Morgan fingerprint density at radius 1 is 0.485 bits per heavy atom. The molecule has 0 spiro atoms. The van der Waals surface area contributed by atoms with E-state index in [-0.39, 0.29) is 0 Å². The van der Waals surface area contributed by atoms with Gasteiger partial charge >= 0.3 is 0 Å². The van der Waals surface area contributed by atoms with Gasteiger partial charge in [0.05, 0.1) is 0 Å². The lowest BCUT2D eigenvalue weighted by Crippen LogP contribution is -2.40. The summed E-state index contributed by atoms with van der Waals surface area (Å²) in [6.07, 6.45) is 0.941. The van der Waals surface area contributed by atoms with Crippen LogP contribution in [0.2, 0.25) is 0 Å². The number of nitrogens with zero attached hydrogens (tertiary/aromatic N) is 1. The summed E-state index contributed by atoms with van der Waals surface area (Å²) in [4.78, 5) is 0. The van der Waals surface area contributed by atoms with E-state index in [1.54, 1.807) is 0 Å². The number of aryl methyl sites for hydroxylation is 1. The molecule has 0 bridgehead atoms. The van der Waals surface area contributed by atoms with E-state index in [1.807, 2.05) is 0 Å². The van der Waals surface area contributed by atoms with Crippen LogP contribution in [-0.4, -0.2) is 0 Å². The third-order valence-corrected chi connectivity index (χ3v) is 6.75. The first-order chi connectivity index (χ1) is 16.3. The SMILES string of the molecule is Brc1ccccc1CC[n+]1c(-c2ccccc2)cc(-c2ccccc2)cc1-c1ccccc1. The smallest absolute Gasteiger partial charge is 0.191 e. The van der Waals surface area contributed by atoms with Gasteiger partial charge in [-0.05, 0) is 47.0 Å². The molecule has 160 valence electrons. The first-order valence-corrected chi connectivity index (χ1v) is 12.1. The summed E-state index contributed by atoms with van der Waals surface area (Å²) in [5.74, 6) is 0. The van der Waals surface area contributed by atoms with Crippen molar-refractivity contribution in [1.82, 2.24) is 0 Å². The van der Waals surface area contributed by atoms with E-state index in [1.165, 1.54) is 39.2 Å².